The molecule has 0 bridgehead atoms. The molecule has 1 saturated heterocycles. The van der Waals surface area contributed by atoms with Crippen molar-refractivity contribution in [3.8, 4) is 11.3 Å². The lowest BCUT2D eigenvalue weighted by Gasteiger charge is -2.35. The van der Waals surface area contributed by atoms with Crippen LogP contribution in [0.2, 0.25) is 0 Å². The van der Waals surface area contributed by atoms with Gasteiger partial charge >= 0.3 is 6.18 Å². The summed E-state index contributed by atoms with van der Waals surface area (Å²) in [5, 5.41) is 14.2. The van der Waals surface area contributed by atoms with E-state index in [2.05, 4.69) is 30.6 Å². The van der Waals surface area contributed by atoms with Gasteiger partial charge in [0.15, 0.2) is 0 Å². The first kappa shape index (κ1) is 24.6. The maximum atomic E-state index is 13.2. The zero-order valence-electron chi connectivity index (χ0n) is 19.4. The molecule has 9 nitrogen and oxygen atoms in total. The fourth-order valence-electron chi connectivity index (χ4n) is 4.37. The van der Waals surface area contributed by atoms with Crippen LogP contribution in [0.25, 0.3) is 22.3 Å². The number of hydrogen-bond donors (Lipinski definition) is 4. The first-order valence-corrected chi connectivity index (χ1v) is 11.3. The van der Waals surface area contributed by atoms with Crippen LogP contribution in [0.1, 0.15) is 30.9 Å². The molecule has 0 aliphatic carbocycles. The SMILES string of the molecule is CNCC(=O)N1CCC(C(C)Nc2ncc(C=N)c(-c3c[nH]c4ncc(C(F)(F)F)cc34)n2)CC1. The Bertz CT molecular complexity index is 1220. The molecule has 0 aromatic carbocycles. The van der Waals surface area contributed by atoms with Gasteiger partial charge in [-0.15, -0.1) is 0 Å². The summed E-state index contributed by atoms with van der Waals surface area (Å²) in [5.74, 6) is 0.708. The summed E-state index contributed by atoms with van der Waals surface area (Å²) in [5.41, 5.74) is 0.557. The summed E-state index contributed by atoms with van der Waals surface area (Å²) < 4.78 is 39.7. The normalized spacial score (nSPS) is 15.9. The Kier molecular flexibility index (Phi) is 7.01. The molecule has 1 aliphatic heterocycles. The van der Waals surface area contributed by atoms with Crippen LogP contribution in [0.4, 0.5) is 19.1 Å². The van der Waals surface area contributed by atoms with Crippen molar-refractivity contribution in [3.05, 3.63) is 35.8 Å². The Hall–Kier alpha value is -3.54. The van der Waals surface area contributed by atoms with E-state index in [1.54, 1.807) is 7.05 Å². The molecular weight excluding hydrogens is 461 g/mol. The zero-order valence-corrected chi connectivity index (χ0v) is 19.4. The third kappa shape index (κ3) is 5.26. The van der Waals surface area contributed by atoms with Crippen LogP contribution < -0.4 is 10.6 Å². The number of likely N-dealkylation sites (tertiary alicyclic amines) is 1. The first-order chi connectivity index (χ1) is 16.7. The number of rotatable bonds is 7. The van der Waals surface area contributed by atoms with Crippen molar-refractivity contribution in [1.29, 1.82) is 5.41 Å². The van der Waals surface area contributed by atoms with Crippen LogP contribution in [0.15, 0.2) is 24.7 Å². The van der Waals surface area contributed by atoms with Crippen molar-refractivity contribution in [2.45, 2.75) is 32.0 Å². The van der Waals surface area contributed by atoms with Crippen molar-refractivity contribution >= 4 is 29.1 Å². The summed E-state index contributed by atoms with van der Waals surface area (Å²) in [6.07, 6.45) is 2.02. The number of nitrogens with one attached hydrogen (secondary N) is 4. The van der Waals surface area contributed by atoms with Gasteiger partial charge in [-0.3, -0.25) is 4.79 Å². The number of carbonyl (C=O) groups is 1. The van der Waals surface area contributed by atoms with Crippen LogP contribution in [0, 0.1) is 11.3 Å². The monoisotopic (exact) mass is 488 g/mol. The third-order valence-electron chi connectivity index (χ3n) is 6.37. The van der Waals surface area contributed by atoms with Crippen molar-refractivity contribution in [3.63, 3.8) is 0 Å². The van der Waals surface area contributed by atoms with Crippen LogP contribution in [0.3, 0.4) is 0 Å². The van der Waals surface area contributed by atoms with Gasteiger partial charge < -0.3 is 25.9 Å². The molecule has 1 unspecified atom stereocenters. The smallest absolute Gasteiger partial charge is 0.351 e. The number of halogens is 3. The van der Waals surface area contributed by atoms with Crippen LogP contribution in [0.5, 0.6) is 0 Å². The molecule has 3 aromatic heterocycles. The van der Waals surface area contributed by atoms with Crippen molar-refractivity contribution in [1.82, 2.24) is 30.2 Å². The molecule has 4 rings (SSSR count). The lowest BCUT2D eigenvalue weighted by Crippen LogP contribution is -2.44. The fourth-order valence-corrected chi connectivity index (χ4v) is 4.37. The minimum absolute atomic E-state index is 0.0108. The molecular formula is C23H27F3N8O. The maximum Gasteiger partial charge on any atom is 0.417 e. The largest absolute Gasteiger partial charge is 0.417 e. The number of pyridine rings is 1. The number of alkyl halides is 3. The molecule has 35 heavy (non-hydrogen) atoms. The minimum Gasteiger partial charge on any atom is -0.351 e. The Morgan fingerprint density at radius 2 is 2.06 bits per heavy atom. The quantitative estimate of drug-likeness (QED) is 0.379. The molecule has 1 aliphatic rings. The summed E-state index contributed by atoms with van der Waals surface area (Å²) in [6.45, 7) is 3.71. The topological polar surface area (TPSA) is 123 Å². The molecule has 3 aromatic rings. The summed E-state index contributed by atoms with van der Waals surface area (Å²) in [4.78, 5) is 29.6. The highest BCUT2D eigenvalue weighted by Crippen LogP contribution is 2.34. The third-order valence-corrected chi connectivity index (χ3v) is 6.37. The average Bonchev–Trinajstić information content (AvgIpc) is 3.27. The van der Waals surface area contributed by atoms with Crippen molar-refractivity contribution in [2.24, 2.45) is 5.92 Å². The number of aromatic amines is 1. The standard InChI is InChI=1S/C23H27F3N8O/c1-13(14-3-5-34(6-4-14)19(35)12-28-2)32-22-31-9-15(8-27)20(33-22)18-11-30-21-17(18)7-16(10-29-21)23(24,25)26/h7-11,13-14,27-28H,3-6,12H2,1-2H3,(H,29,30)(H,31,32,33). The molecule has 1 amide bonds. The van der Waals surface area contributed by atoms with E-state index in [0.29, 0.717) is 54.0 Å². The number of aromatic nitrogens is 4. The predicted octanol–water partition coefficient (Wildman–Crippen LogP) is 3.29. The van der Waals surface area contributed by atoms with Gasteiger partial charge in [0.2, 0.25) is 11.9 Å². The first-order valence-electron chi connectivity index (χ1n) is 11.3. The number of carbonyl (C=O) groups excluding carboxylic acids is 1. The van der Waals surface area contributed by atoms with Gasteiger partial charge in [0.05, 0.1) is 17.8 Å². The van der Waals surface area contributed by atoms with Crippen LogP contribution >= 0.6 is 0 Å². The molecule has 12 heteroatoms. The van der Waals surface area contributed by atoms with Crippen LogP contribution in [-0.2, 0) is 11.0 Å². The molecule has 4 N–H and O–H groups in total. The van der Waals surface area contributed by atoms with E-state index < -0.39 is 11.7 Å². The molecule has 4 heterocycles. The van der Waals surface area contributed by atoms with Crippen LogP contribution in [-0.4, -0.2) is 69.7 Å². The molecule has 0 radical (unpaired) electrons. The van der Waals surface area contributed by atoms with Gasteiger partial charge in [-0.1, -0.05) is 0 Å². The lowest BCUT2D eigenvalue weighted by atomic mass is 9.90. The van der Waals surface area contributed by atoms with E-state index >= 15 is 0 Å². The summed E-state index contributed by atoms with van der Waals surface area (Å²) in [6, 6.07) is 1.04. The summed E-state index contributed by atoms with van der Waals surface area (Å²) in [7, 11) is 1.75. The van der Waals surface area contributed by atoms with Gasteiger partial charge in [0.1, 0.15) is 5.65 Å². The second-order valence-corrected chi connectivity index (χ2v) is 8.64. The fraction of sp³-hybridized carbons (Fsp3) is 0.435. The van der Waals surface area contributed by atoms with Gasteiger partial charge in [0.25, 0.3) is 0 Å². The zero-order chi connectivity index (χ0) is 25.2. The predicted molar refractivity (Wildman–Crippen MR) is 126 cm³/mol. The van der Waals surface area contributed by atoms with E-state index in [1.165, 1.54) is 12.4 Å². The molecule has 1 fully saturated rings. The molecule has 1 atom stereocenters. The number of fused-ring (bicyclic) bond motifs is 1. The van der Waals surface area contributed by atoms with Gasteiger partial charge in [-0.05, 0) is 38.8 Å². The molecule has 186 valence electrons. The van der Waals surface area contributed by atoms with Gasteiger partial charge in [-0.25, -0.2) is 15.0 Å². The van der Waals surface area contributed by atoms with E-state index in [-0.39, 0.29) is 17.3 Å². The van der Waals surface area contributed by atoms with Crippen molar-refractivity contribution < 1.29 is 18.0 Å². The molecule has 0 saturated carbocycles. The Morgan fingerprint density at radius 3 is 2.71 bits per heavy atom. The second kappa shape index (κ2) is 9.98. The second-order valence-electron chi connectivity index (χ2n) is 8.64. The number of piperidine rings is 1. The number of nitrogens with zero attached hydrogens (tertiary/aromatic N) is 4. The van der Waals surface area contributed by atoms with E-state index in [1.807, 2.05) is 11.8 Å². The number of anilines is 1. The Balaban J connectivity index is 1.55. The number of H-pyrrole nitrogens is 1. The number of likely N-dealkylation sites (N-methyl/N-ethyl adjacent to an activating group) is 1. The van der Waals surface area contributed by atoms with Crippen molar-refractivity contribution in [2.75, 3.05) is 32.0 Å². The van der Waals surface area contributed by atoms with Gasteiger partial charge in [0, 0.05) is 60.4 Å². The highest BCUT2D eigenvalue weighted by atomic mass is 19.4. The van der Waals surface area contributed by atoms with E-state index in [0.717, 1.165) is 31.3 Å². The maximum absolute atomic E-state index is 13.2. The van der Waals surface area contributed by atoms with E-state index in [9.17, 15) is 18.0 Å². The minimum atomic E-state index is -4.53. The lowest BCUT2D eigenvalue weighted by molar-refractivity contribution is -0.137. The Morgan fingerprint density at radius 1 is 1.31 bits per heavy atom. The van der Waals surface area contributed by atoms with Gasteiger partial charge in [-0.2, -0.15) is 13.2 Å². The number of hydrogen-bond acceptors (Lipinski definition) is 7. The van der Waals surface area contributed by atoms with E-state index in [4.69, 9.17) is 5.41 Å². The average molecular weight is 489 g/mol. The highest BCUT2D eigenvalue weighted by Gasteiger charge is 2.32. The number of amides is 1. The Labute approximate surface area is 200 Å². The highest BCUT2D eigenvalue weighted by molar-refractivity contribution is 5.98. The summed E-state index contributed by atoms with van der Waals surface area (Å²) >= 11 is 0. The molecule has 0 spiro atoms.